The van der Waals surface area contributed by atoms with Gasteiger partial charge in [0.05, 0.1) is 5.69 Å². The molecule has 4 heterocycles. The molecule has 2 aliphatic rings. The lowest BCUT2D eigenvalue weighted by Crippen LogP contribution is -2.39. The minimum Gasteiger partial charge on any atom is -0.343 e. The van der Waals surface area contributed by atoms with Gasteiger partial charge in [-0.2, -0.15) is 0 Å². The third-order valence-electron chi connectivity index (χ3n) is 5.46. The van der Waals surface area contributed by atoms with E-state index in [9.17, 15) is 14.4 Å². The van der Waals surface area contributed by atoms with Crippen LogP contribution >= 0.6 is 11.3 Å². The number of nitrogens with zero attached hydrogens (tertiary/aromatic N) is 3. The van der Waals surface area contributed by atoms with Crippen molar-refractivity contribution in [3.05, 3.63) is 22.6 Å². The Morgan fingerprint density at radius 2 is 2.04 bits per heavy atom. The van der Waals surface area contributed by atoms with E-state index in [-0.39, 0.29) is 18.2 Å². The van der Waals surface area contributed by atoms with Crippen LogP contribution in [-0.2, 0) is 9.59 Å². The first kappa shape index (κ1) is 18.0. The van der Waals surface area contributed by atoms with Crippen molar-refractivity contribution in [2.75, 3.05) is 13.1 Å². The molecule has 0 saturated carbocycles. The van der Waals surface area contributed by atoms with Crippen molar-refractivity contribution in [3.8, 4) is 0 Å². The summed E-state index contributed by atoms with van der Waals surface area (Å²) in [4.78, 5) is 43.0. The number of hydrogen-bond donors (Lipinski definition) is 2. The van der Waals surface area contributed by atoms with E-state index in [0.717, 1.165) is 24.4 Å². The lowest BCUT2D eigenvalue weighted by atomic mass is 9.93. The topological polar surface area (TPSA) is 95.8 Å². The smallest absolute Gasteiger partial charge is 0.322 e. The van der Waals surface area contributed by atoms with Gasteiger partial charge in [-0.1, -0.05) is 0 Å². The average molecular weight is 389 g/mol. The van der Waals surface area contributed by atoms with E-state index in [1.807, 2.05) is 11.8 Å². The second-order valence-corrected chi connectivity index (χ2v) is 8.13. The van der Waals surface area contributed by atoms with E-state index in [4.69, 9.17) is 4.98 Å². The first-order chi connectivity index (χ1) is 12.9. The van der Waals surface area contributed by atoms with Crippen LogP contribution in [0.25, 0.3) is 4.83 Å². The van der Waals surface area contributed by atoms with Crippen LogP contribution in [0.3, 0.4) is 0 Å². The molecule has 0 radical (unpaired) electrons. The minimum absolute atomic E-state index is 0.0422. The van der Waals surface area contributed by atoms with Crippen LogP contribution in [0.4, 0.5) is 4.79 Å². The quantitative estimate of drug-likeness (QED) is 0.778. The van der Waals surface area contributed by atoms with Crippen molar-refractivity contribution >= 4 is 34.0 Å². The van der Waals surface area contributed by atoms with E-state index in [1.54, 1.807) is 11.3 Å². The predicted octanol–water partition coefficient (Wildman–Crippen LogP) is 1.71. The largest absolute Gasteiger partial charge is 0.343 e. The third kappa shape index (κ3) is 3.31. The molecule has 1 atom stereocenters. The average Bonchev–Trinajstić information content (AvgIpc) is 3.29. The summed E-state index contributed by atoms with van der Waals surface area (Å²) in [6.07, 6.45) is 2.40. The Morgan fingerprint density at radius 1 is 1.30 bits per heavy atom. The number of piperidine rings is 1. The number of imide groups is 1. The van der Waals surface area contributed by atoms with Crippen LogP contribution in [0, 0.1) is 13.8 Å². The molecule has 2 N–H and O–H groups in total. The van der Waals surface area contributed by atoms with Gasteiger partial charge in [0.15, 0.2) is 0 Å². The molecular weight excluding hydrogens is 366 g/mol. The van der Waals surface area contributed by atoms with Gasteiger partial charge in [0.1, 0.15) is 16.7 Å². The lowest BCUT2D eigenvalue weighted by Gasteiger charge is -2.31. The van der Waals surface area contributed by atoms with Crippen molar-refractivity contribution < 1.29 is 14.4 Å². The molecule has 2 aromatic heterocycles. The number of hydrogen-bond acceptors (Lipinski definition) is 5. The number of carbonyl (C=O) groups is 3. The van der Waals surface area contributed by atoms with E-state index < -0.39 is 12.1 Å². The zero-order valence-corrected chi connectivity index (χ0v) is 16.3. The fourth-order valence-corrected chi connectivity index (χ4v) is 5.11. The number of fused-ring (bicyclic) bond motifs is 1. The highest BCUT2D eigenvalue weighted by atomic mass is 32.1. The highest BCUT2D eigenvalue weighted by molar-refractivity contribution is 7.15. The fourth-order valence-electron chi connectivity index (χ4n) is 4.01. The summed E-state index contributed by atoms with van der Waals surface area (Å²) in [5.41, 5.74) is 2.37. The Labute approximate surface area is 160 Å². The summed E-state index contributed by atoms with van der Waals surface area (Å²) in [6.45, 7) is 5.54. The third-order valence-corrected chi connectivity index (χ3v) is 6.54. The molecule has 0 aliphatic carbocycles. The SMILES string of the molecule is Cc1csc2c(C3CCN(C(=O)CCC4NC(=O)NC4=O)CC3)nc(C)n12. The monoisotopic (exact) mass is 389 g/mol. The molecule has 4 rings (SSSR count). The summed E-state index contributed by atoms with van der Waals surface area (Å²) in [5, 5.41) is 6.88. The summed E-state index contributed by atoms with van der Waals surface area (Å²) in [5.74, 6) is 1.09. The van der Waals surface area contributed by atoms with Crippen LogP contribution in [0.1, 0.15) is 48.8 Å². The number of aryl methyl sites for hydroxylation is 2. The highest BCUT2D eigenvalue weighted by Gasteiger charge is 2.31. The standard InChI is InChI=1S/C18H23N5O3S/c1-10-9-27-17-15(19-11(2)23(10)17)12-5-7-22(8-6-12)14(24)4-3-13-16(25)21-18(26)20-13/h9,12-13H,3-8H2,1-2H3,(H2,20,21,25,26). The Kier molecular flexibility index (Phi) is 4.63. The van der Waals surface area contributed by atoms with Crippen molar-refractivity contribution in [2.45, 2.75) is 51.5 Å². The minimum atomic E-state index is -0.595. The molecule has 8 nitrogen and oxygen atoms in total. The molecule has 144 valence electrons. The maximum Gasteiger partial charge on any atom is 0.322 e. The van der Waals surface area contributed by atoms with Gasteiger partial charge in [-0.25, -0.2) is 9.78 Å². The maximum atomic E-state index is 12.5. The number of rotatable bonds is 4. The summed E-state index contributed by atoms with van der Waals surface area (Å²) >= 11 is 1.73. The number of thiazole rings is 1. The van der Waals surface area contributed by atoms with Gasteiger partial charge in [0, 0.05) is 36.5 Å². The molecule has 4 amide bonds. The number of aromatic nitrogens is 2. The Balaban J connectivity index is 1.34. The van der Waals surface area contributed by atoms with Gasteiger partial charge in [-0.3, -0.25) is 19.3 Å². The number of amides is 4. The Morgan fingerprint density at radius 3 is 2.70 bits per heavy atom. The molecule has 0 spiro atoms. The molecule has 2 aliphatic heterocycles. The lowest BCUT2D eigenvalue weighted by molar-refractivity contribution is -0.132. The second kappa shape index (κ2) is 6.95. The highest BCUT2D eigenvalue weighted by Crippen LogP contribution is 2.34. The molecule has 0 aromatic carbocycles. The zero-order valence-electron chi connectivity index (χ0n) is 15.4. The second-order valence-electron chi connectivity index (χ2n) is 7.27. The number of likely N-dealkylation sites (tertiary alicyclic amines) is 1. The molecule has 1 unspecified atom stereocenters. The van der Waals surface area contributed by atoms with Crippen LogP contribution in [-0.4, -0.2) is 51.3 Å². The molecule has 2 fully saturated rings. The first-order valence-corrected chi connectivity index (χ1v) is 10.1. The van der Waals surface area contributed by atoms with Crippen molar-refractivity contribution in [1.82, 2.24) is 24.9 Å². The van der Waals surface area contributed by atoms with E-state index in [0.29, 0.717) is 25.4 Å². The van der Waals surface area contributed by atoms with E-state index >= 15 is 0 Å². The van der Waals surface area contributed by atoms with Gasteiger partial charge in [-0.15, -0.1) is 11.3 Å². The van der Waals surface area contributed by atoms with E-state index in [1.165, 1.54) is 10.5 Å². The molecule has 9 heteroatoms. The van der Waals surface area contributed by atoms with Gasteiger partial charge in [-0.05, 0) is 33.1 Å². The number of nitrogens with one attached hydrogen (secondary N) is 2. The van der Waals surface area contributed by atoms with Crippen LogP contribution in [0.2, 0.25) is 0 Å². The number of urea groups is 1. The van der Waals surface area contributed by atoms with Crippen molar-refractivity contribution in [1.29, 1.82) is 0 Å². The van der Waals surface area contributed by atoms with Crippen LogP contribution in [0.15, 0.2) is 5.38 Å². The fraction of sp³-hybridized carbons (Fsp3) is 0.556. The van der Waals surface area contributed by atoms with Crippen LogP contribution < -0.4 is 10.6 Å². The molecule has 27 heavy (non-hydrogen) atoms. The van der Waals surface area contributed by atoms with Gasteiger partial charge in [0.2, 0.25) is 5.91 Å². The van der Waals surface area contributed by atoms with Gasteiger partial charge < -0.3 is 10.2 Å². The zero-order chi connectivity index (χ0) is 19.1. The van der Waals surface area contributed by atoms with E-state index in [2.05, 4.69) is 27.3 Å². The van der Waals surface area contributed by atoms with Crippen LogP contribution in [0.5, 0.6) is 0 Å². The first-order valence-electron chi connectivity index (χ1n) is 9.26. The van der Waals surface area contributed by atoms with Gasteiger partial charge >= 0.3 is 6.03 Å². The summed E-state index contributed by atoms with van der Waals surface area (Å²) < 4.78 is 2.21. The van der Waals surface area contributed by atoms with Crippen molar-refractivity contribution in [2.24, 2.45) is 0 Å². The Bertz CT molecular complexity index is 910. The maximum absolute atomic E-state index is 12.5. The predicted molar refractivity (Wildman–Crippen MR) is 101 cm³/mol. The van der Waals surface area contributed by atoms with Crippen molar-refractivity contribution in [3.63, 3.8) is 0 Å². The Hall–Kier alpha value is -2.42. The molecular formula is C18H23N5O3S. The summed E-state index contributed by atoms with van der Waals surface area (Å²) in [6, 6.07) is -1.08. The molecule has 2 saturated heterocycles. The van der Waals surface area contributed by atoms with Gasteiger partial charge in [0.25, 0.3) is 5.91 Å². The molecule has 0 bridgehead atoms. The normalized spacial score (nSPS) is 21.0. The number of imidazole rings is 1. The number of carbonyl (C=O) groups excluding carboxylic acids is 3. The molecule has 2 aromatic rings. The summed E-state index contributed by atoms with van der Waals surface area (Å²) in [7, 11) is 0.